The standard InChI is InChI=1S/C36H33ClFN3O5S2/c1-3-29(34(44)41-35-31(36(45)46-2)24-15-7-8-18-30(24)48-35)47-23-14-9-13-22(19-23)39-33(43)28(20-25-26(37)16-10-17-27(25)38)40-32(42)21-11-5-4-6-12-21/h4-6,9-14,16-17,19-20,29H,3,7-8,15,18H2,1-2H3,(H,39,43)(H,40,42)(H,41,44)/b28-20+. The molecule has 12 heteroatoms. The Morgan fingerprint density at radius 1 is 1.00 bits per heavy atom. The van der Waals surface area contributed by atoms with E-state index in [9.17, 15) is 23.6 Å². The maximum absolute atomic E-state index is 14.7. The summed E-state index contributed by atoms with van der Waals surface area (Å²) in [4.78, 5) is 54.5. The number of benzene rings is 3. The molecule has 0 aliphatic heterocycles. The van der Waals surface area contributed by atoms with Crippen molar-refractivity contribution in [2.24, 2.45) is 0 Å². The zero-order chi connectivity index (χ0) is 34.2. The van der Waals surface area contributed by atoms with Gasteiger partial charge in [0.15, 0.2) is 0 Å². The number of hydrogen-bond donors (Lipinski definition) is 3. The summed E-state index contributed by atoms with van der Waals surface area (Å²) < 4.78 is 19.7. The van der Waals surface area contributed by atoms with Crippen LogP contribution < -0.4 is 16.0 Å². The Hall–Kier alpha value is -4.45. The van der Waals surface area contributed by atoms with Gasteiger partial charge in [-0.2, -0.15) is 0 Å². The first kappa shape index (κ1) is 34.9. The molecule has 1 heterocycles. The highest BCUT2D eigenvalue weighted by atomic mass is 35.5. The average Bonchev–Trinajstić information content (AvgIpc) is 3.46. The van der Waals surface area contributed by atoms with Gasteiger partial charge in [0.2, 0.25) is 5.91 Å². The first-order valence-corrected chi connectivity index (χ1v) is 17.4. The van der Waals surface area contributed by atoms with Crippen LogP contribution in [0.15, 0.2) is 83.4 Å². The number of rotatable bonds is 11. The summed E-state index contributed by atoms with van der Waals surface area (Å²) in [5, 5.41) is 8.38. The van der Waals surface area contributed by atoms with Gasteiger partial charge in [0.1, 0.15) is 16.5 Å². The quantitative estimate of drug-likeness (QED) is 0.0825. The van der Waals surface area contributed by atoms with E-state index >= 15 is 0 Å². The SMILES string of the molecule is CCC(Sc1cccc(NC(=O)/C(=C\c2c(F)cccc2Cl)NC(=O)c2ccccc2)c1)C(=O)Nc1sc2c(c1C(=O)OC)CCCC2. The molecule has 0 saturated heterocycles. The van der Waals surface area contributed by atoms with Crippen LogP contribution in [0.25, 0.3) is 6.08 Å². The molecule has 0 saturated carbocycles. The van der Waals surface area contributed by atoms with Crippen LogP contribution in [0, 0.1) is 5.82 Å². The lowest BCUT2D eigenvalue weighted by Gasteiger charge is -2.16. The van der Waals surface area contributed by atoms with E-state index in [4.69, 9.17) is 16.3 Å². The Labute approximate surface area is 291 Å². The molecule has 5 rings (SSSR count). The predicted octanol–water partition coefficient (Wildman–Crippen LogP) is 8.13. The van der Waals surface area contributed by atoms with Crippen LogP contribution in [0.2, 0.25) is 5.02 Å². The lowest BCUT2D eigenvalue weighted by molar-refractivity contribution is -0.116. The number of fused-ring (bicyclic) bond motifs is 1. The van der Waals surface area contributed by atoms with Crippen LogP contribution in [0.1, 0.15) is 62.9 Å². The second-order valence-corrected chi connectivity index (χ2v) is 13.7. The number of halogens is 2. The van der Waals surface area contributed by atoms with Gasteiger partial charge in [-0.15, -0.1) is 23.1 Å². The third-order valence-corrected chi connectivity index (χ3v) is 10.5. The molecule has 3 amide bonds. The van der Waals surface area contributed by atoms with Crippen LogP contribution in [-0.4, -0.2) is 36.1 Å². The van der Waals surface area contributed by atoms with Crippen molar-refractivity contribution in [1.29, 1.82) is 0 Å². The van der Waals surface area contributed by atoms with Gasteiger partial charge in [-0.3, -0.25) is 14.4 Å². The molecular formula is C36H33ClFN3O5S2. The topological polar surface area (TPSA) is 114 Å². The molecule has 48 heavy (non-hydrogen) atoms. The summed E-state index contributed by atoms with van der Waals surface area (Å²) in [6.45, 7) is 1.89. The molecule has 4 aromatic rings. The van der Waals surface area contributed by atoms with Crippen molar-refractivity contribution in [2.75, 3.05) is 17.7 Å². The summed E-state index contributed by atoms with van der Waals surface area (Å²) in [6.07, 6.45) is 5.34. The molecule has 0 fully saturated rings. The van der Waals surface area contributed by atoms with E-state index in [0.29, 0.717) is 33.1 Å². The van der Waals surface area contributed by atoms with Crippen molar-refractivity contribution >= 4 is 75.2 Å². The minimum Gasteiger partial charge on any atom is -0.465 e. The zero-order valence-corrected chi connectivity index (χ0v) is 28.6. The average molecular weight is 706 g/mol. The minimum absolute atomic E-state index is 0.0549. The number of thiophene rings is 1. The van der Waals surface area contributed by atoms with Crippen molar-refractivity contribution in [1.82, 2.24) is 5.32 Å². The summed E-state index contributed by atoms with van der Waals surface area (Å²) in [7, 11) is 1.34. The smallest absolute Gasteiger partial charge is 0.341 e. The fourth-order valence-electron chi connectivity index (χ4n) is 5.23. The van der Waals surface area contributed by atoms with Crippen LogP contribution in [0.4, 0.5) is 15.1 Å². The molecule has 0 bridgehead atoms. The summed E-state index contributed by atoms with van der Waals surface area (Å²) in [5.41, 5.74) is 1.82. The van der Waals surface area contributed by atoms with E-state index in [1.54, 1.807) is 48.5 Å². The molecule has 0 radical (unpaired) electrons. The summed E-state index contributed by atoms with van der Waals surface area (Å²) in [6, 6.07) is 19.3. The molecule has 1 aliphatic carbocycles. The maximum atomic E-state index is 14.7. The number of methoxy groups -OCH3 is 1. The van der Waals surface area contributed by atoms with Crippen LogP contribution in [0.5, 0.6) is 0 Å². The van der Waals surface area contributed by atoms with Gasteiger partial charge in [0.05, 0.1) is 22.9 Å². The van der Waals surface area contributed by atoms with Crippen molar-refractivity contribution in [3.8, 4) is 0 Å². The minimum atomic E-state index is -0.706. The van der Waals surface area contributed by atoms with Gasteiger partial charge in [0.25, 0.3) is 11.8 Å². The third-order valence-electron chi connectivity index (χ3n) is 7.65. The van der Waals surface area contributed by atoms with E-state index in [2.05, 4.69) is 16.0 Å². The second-order valence-electron chi connectivity index (χ2n) is 10.9. The van der Waals surface area contributed by atoms with E-state index in [-0.39, 0.29) is 22.2 Å². The predicted molar refractivity (Wildman–Crippen MR) is 189 cm³/mol. The van der Waals surface area contributed by atoms with Gasteiger partial charge >= 0.3 is 5.97 Å². The number of anilines is 2. The number of esters is 1. The number of aryl methyl sites for hydroxylation is 1. The van der Waals surface area contributed by atoms with E-state index in [0.717, 1.165) is 36.1 Å². The van der Waals surface area contributed by atoms with Gasteiger partial charge in [-0.05, 0) is 86.2 Å². The Balaban J connectivity index is 1.34. The fourth-order valence-corrected chi connectivity index (χ4v) is 7.74. The highest BCUT2D eigenvalue weighted by Gasteiger charge is 2.29. The first-order valence-electron chi connectivity index (χ1n) is 15.3. The normalized spacial score (nSPS) is 13.2. The van der Waals surface area contributed by atoms with Gasteiger partial charge < -0.3 is 20.7 Å². The Morgan fingerprint density at radius 3 is 2.48 bits per heavy atom. The molecule has 248 valence electrons. The van der Waals surface area contributed by atoms with Gasteiger partial charge in [-0.25, -0.2) is 9.18 Å². The van der Waals surface area contributed by atoms with Crippen molar-refractivity contribution in [3.63, 3.8) is 0 Å². The van der Waals surface area contributed by atoms with Crippen molar-refractivity contribution in [3.05, 3.63) is 116 Å². The number of thioether (sulfide) groups is 1. The number of ether oxygens (including phenoxy) is 1. The molecule has 0 spiro atoms. The third kappa shape index (κ3) is 8.33. The molecular weight excluding hydrogens is 673 g/mol. The summed E-state index contributed by atoms with van der Waals surface area (Å²) in [5.74, 6) is -2.64. The number of hydrogen-bond acceptors (Lipinski definition) is 7. The molecule has 1 aliphatic rings. The van der Waals surface area contributed by atoms with E-state index in [1.165, 1.54) is 54.5 Å². The monoisotopic (exact) mass is 705 g/mol. The van der Waals surface area contributed by atoms with Gasteiger partial charge in [0, 0.05) is 26.6 Å². The first-order chi connectivity index (χ1) is 23.2. The maximum Gasteiger partial charge on any atom is 0.341 e. The highest BCUT2D eigenvalue weighted by molar-refractivity contribution is 8.00. The number of nitrogens with one attached hydrogen (secondary N) is 3. The largest absolute Gasteiger partial charge is 0.465 e. The highest BCUT2D eigenvalue weighted by Crippen LogP contribution is 2.39. The molecule has 3 N–H and O–H groups in total. The van der Waals surface area contributed by atoms with Crippen LogP contribution in [-0.2, 0) is 27.2 Å². The summed E-state index contributed by atoms with van der Waals surface area (Å²) >= 11 is 8.96. The van der Waals surface area contributed by atoms with Crippen LogP contribution >= 0.6 is 34.7 Å². The Kier molecular flexibility index (Phi) is 11.7. The van der Waals surface area contributed by atoms with E-state index < -0.39 is 28.9 Å². The van der Waals surface area contributed by atoms with E-state index in [1.807, 2.05) is 13.0 Å². The number of amides is 3. The number of carbonyl (C=O) groups is 4. The zero-order valence-electron chi connectivity index (χ0n) is 26.2. The van der Waals surface area contributed by atoms with Crippen molar-refractivity contribution in [2.45, 2.75) is 49.2 Å². The van der Waals surface area contributed by atoms with Gasteiger partial charge in [-0.1, -0.05) is 48.9 Å². The molecule has 8 nitrogen and oxygen atoms in total. The molecule has 3 aromatic carbocycles. The van der Waals surface area contributed by atoms with Crippen LogP contribution in [0.3, 0.4) is 0 Å². The lowest BCUT2D eigenvalue weighted by atomic mass is 9.95. The Morgan fingerprint density at radius 2 is 1.75 bits per heavy atom. The second kappa shape index (κ2) is 16.1. The fraction of sp³-hybridized carbons (Fsp3) is 0.222. The number of carbonyl (C=O) groups excluding carboxylic acids is 4. The van der Waals surface area contributed by atoms with Crippen molar-refractivity contribution < 1.29 is 28.3 Å². The molecule has 1 aromatic heterocycles. The Bertz CT molecular complexity index is 1860. The molecule has 1 atom stereocenters. The molecule has 1 unspecified atom stereocenters. The lowest BCUT2D eigenvalue weighted by Crippen LogP contribution is -2.30.